The van der Waals surface area contributed by atoms with Crippen LogP contribution < -0.4 is 5.46 Å². The topological polar surface area (TPSA) is 18.5 Å². The lowest BCUT2D eigenvalue weighted by Crippen LogP contribution is -2.33. The summed E-state index contributed by atoms with van der Waals surface area (Å²) < 4.78 is 11.6. The maximum absolute atomic E-state index is 5.90. The van der Waals surface area contributed by atoms with E-state index in [-0.39, 0.29) is 13.2 Å². The molecule has 1 atom stereocenters. The standard InChI is InChI=1S/C13H19BO2/c1-9(2)13-8-15-14(16-13)12-6-10(3)5-11(4)7-12/h5-7,9,13H,8H2,1-4H3. The molecule has 1 saturated heterocycles. The van der Waals surface area contributed by atoms with Gasteiger partial charge < -0.3 is 9.31 Å². The van der Waals surface area contributed by atoms with Crippen molar-refractivity contribution in [2.75, 3.05) is 6.61 Å². The molecule has 1 aliphatic rings. The normalized spacial score (nSPS) is 20.8. The molecule has 1 unspecified atom stereocenters. The molecule has 86 valence electrons. The Morgan fingerprint density at radius 1 is 1.19 bits per heavy atom. The first-order chi connectivity index (χ1) is 7.56. The molecule has 1 fully saturated rings. The Hall–Kier alpha value is -0.795. The molecule has 2 nitrogen and oxygen atoms in total. The van der Waals surface area contributed by atoms with Crippen molar-refractivity contribution in [1.29, 1.82) is 0 Å². The summed E-state index contributed by atoms with van der Waals surface area (Å²) in [7, 11) is -0.175. The molecule has 0 bridgehead atoms. The Kier molecular flexibility index (Phi) is 3.36. The minimum absolute atomic E-state index is 0.175. The largest absolute Gasteiger partial charge is 0.494 e. The summed E-state index contributed by atoms with van der Waals surface area (Å²) in [4.78, 5) is 0. The fourth-order valence-electron chi connectivity index (χ4n) is 2.09. The fourth-order valence-corrected chi connectivity index (χ4v) is 2.09. The first-order valence-electron chi connectivity index (χ1n) is 5.91. The van der Waals surface area contributed by atoms with Crippen LogP contribution in [0.1, 0.15) is 25.0 Å². The summed E-state index contributed by atoms with van der Waals surface area (Å²) in [6.45, 7) is 9.24. The monoisotopic (exact) mass is 218 g/mol. The molecule has 0 N–H and O–H groups in total. The molecule has 0 aromatic heterocycles. The highest BCUT2D eigenvalue weighted by Gasteiger charge is 2.34. The molecular weight excluding hydrogens is 199 g/mol. The summed E-state index contributed by atoms with van der Waals surface area (Å²) in [5.41, 5.74) is 3.66. The molecule has 16 heavy (non-hydrogen) atoms. The van der Waals surface area contributed by atoms with Crippen LogP contribution in [0.5, 0.6) is 0 Å². The van der Waals surface area contributed by atoms with Crippen LogP contribution in [0.2, 0.25) is 0 Å². The number of rotatable bonds is 2. The van der Waals surface area contributed by atoms with Crippen LogP contribution in [-0.4, -0.2) is 19.8 Å². The molecule has 0 spiro atoms. The third-order valence-electron chi connectivity index (χ3n) is 2.97. The van der Waals surface area contributed by atoms with E-state index in [2.05, 4.69) is 45.9 Å². The summed E-state index contributed by atoms with van der Waals surface area (Å²) in [6.07, 6.45) is 0.228. The molecule has 2 rings (SSSR count). The number of hydrogen-bond acceptors (Lipinski definition) is 2. The van der Waals surface area contributed by atoms with Gasteiger partial charge >= 0.3 is 7.12 Å². The van der Waals surface area contributed by atoms with E-state index in [0.29, 0.717) is 12.5 Å². The van der Waals surface area contributed by atoms with Crippen molar-refractivity contribution < 1.29 is 9.31 Å². The van der Waals surface area contributed by atoms with Crippen LogP contribution in [0, 0.1) is 19.8 Å². The Labute approximate surface area is 98.1 Å². The van der Waals surface area contributed by atoms with Crippen molar-refractivity contribution >= 4 is 12.6 Å². The average molecular weight is 218 g/mol. The summed E-state index contributed by atoms with van der Waals surface area (Å²) in [5.74, 6) is 0.510. The van der Waals surface area contributed by atoms with Crippen molar-refractivity contribution in [3.63, 3.8) is 0 Å². The quantitative estimate of drug-likeness (QED) is 0.707. The molecule has 1 aromatic rings. The summed E-state index contributed by atoms with van der Waals surface area (Å²) in [5, 5.41) is 0. The van der Waals surface area contributed by atoms with Gasteiger partial charge in [0, 0.05) is 0 Å². The highest BCUT2D eigenvalue weighted by molar-refractivity contribution is 6.61. The third kappa shape index (κ3) is 2.47. The Bertz CT molecular complexity index is 356. The van der Waals surface area contributed by atoms with Crippen molar-refractivity contribution in [3.05, 3.63) is 29.3 Å². The maximum atomic E-state index is 5.90. The second-order valence-electron chi connectivity index (χ2n) is 5.00. The number of hydrogen-bond donors (Lipinski definition) is 0. The minimum Gasteiger partial charge on any atom is -0.405 e. The van der Waals surface area contributed by atoms with E-state index in [1.54, 1.807) is 0 Å². The number of aryl methyl sites for hydroxylation is 2. The van der Waals surface area contributed by atoms with Gasteiger partial charge in [-0.05, 0) is 25.2 Å². The van der Waals surface area contributed by atoms with Crippen molar-refractivity contribution in [3.8, 4) is 0 Å². The lowest BCUT2D eigenvalue weighted by Gasteiger charge is -2.13. The first-order valence-corrected chi connectivity index (χ1v) is 5.91. The van der Waals surface area contributed by atoms with E-state index in [1.807, 2.05) is 0 Å². The van der Waals surface area contributed by atoms with E-state index in [1.165, 1.54) is 11.1 Å². The molecule has 0 radical (unpaired) electrons. The third-order valence-corrected chi connectivity index (χ3v) is 2.97. The second kappa shape index (κ2) is 4.60. The highest BCUT2D eigenvalue weighted by Crippen LogP contribution is 2.16. The van der Waals surface area contributed by atoms with Gasteiger partial charge in [-0.25, -0.2) is 0 Å². The van der Waals surface area contributed by atoms with Gasteiger partial charge in [0.05, 0.1) is 12.7 Å². The van der Waals surface area contributed by atoms with E-state index in [9.17, 15) is 0 Å². The zero-order chi connectivity index (χ0) is 11.7. The van der Waals surface area contributed by atoms with Gasteiger partial charge in [0.15, 0.2) is 0 Å². The SMILES string of the molecule is Cc1cc(C)cc(B2OCC(C(C)C)O2)c1. The van der Waals surface area contributed by atoms with E-state index >= 15 is 0 Å². The van der Waals surface area contributed by atoms with Crippen LogP contribution >= 0.6 is 0 Å². The van der Waals surface area contributed by atoms with Crippen LogP contribution in [0.4, 0.5) is 0 Å². The first kappa shape index (κ1) is 11.7. The second-order valence-corrected chi connectivity index (χ2v) is 5.00. The smallest absolute Gasteiger partial charge is 0.405 e. The lowest BCUT2D eigenvalue weighted by molar-refractivity contribution is 0.178. The van der Waals surface area contributed by atoms with E-state index < -0.39 is 0 Å². The summed E-state index contributed by atoms with van der Waals surface area (Å²) >= 11 is 0. The van der Waals surface area contributed by atoms with E-state index in [4.69, 9.17) is 9.31 Å². The zero-order valence-electron chi connectivity index (χ0n) is 10.5. The van der Waals surface area contributed by atoms with E-state index in [0.717, 1.165) is 5.46 Å². The van der Waals surface area contributed by atoms with Gasteiger partial charge in [0.1, 0.15) is 0 Å². The van der Waals surface area contributed by atoms with Gasteiger partial charge in [-0.2, -0.15) is 0 Å². The highest BCUT2D eigenvalue weighted by atomic mass is 16.6. The predicted molar refractivity (Wildman–Crippen MR) is 67.0 cm³/mol. The molecule has 1 heterocycles. The molecule has 0 amide bonds. The predicted octanol–water partition coefficient (Wildman–Crippen LogP) is 2.07. The van der Waals surface area contributed by atoms with Crippen molar-refractivity contribution in [2.45, 2.75) is 33.8 Å². The van der Waals surface area contributed by atoms with Gasteiger partial charge in [0.25, 0.3) is 0 Å². The Morgan fingerprint density at radius 2 is 1.81 bits per heavy atom. The molecule has 1 aliphatic heterocycles. The molecule has 0 saturated carbocycles. The zero-order valence-corrected chi connectivity index (χ0v) is 10.5. The minimum atomic E-state index is -0.175. The number of benzene rings is 1. The summed E-state index contributed by atoms with van der Waals surface area (Å²) in [6, 6.07) is 6.44. The van der Waals surface area contributed by atoms with Gasteiger partial charge in [-0.3, -0.25) is 0 Å². The molecule has 0 aliphatic carbocycles. The lowest BCUT2D eigenvalue weighted by atomic mass is 9.78. The maximum Gasteiger partial charge on any atom is 0.494 e. The van der Waals surface area contributed by atoms with Gasteiger partial charge in [-0.1, -0.05) is 43.2 Å². The Balaban J connectivity index is 2.14. The van der Waals surface area contributed by atoms with Gasteiger partial charge in [-0.15, -0.1) is 0 Å². The molecular formula is C13H19BO2. The Morgan fingerprint density at radius 3 is 2.31 bits per heavy atom. The van der Waals surface area contributed by atoms with Crippen LogP contribution in [0.25, 0.3) is 0 Å². The average Bonchev–Trinajstić information content (AvgIpc) is 2.64. The van der Waals surface area contributed by atoms with Crippen molar-refractivity contribution in [1.82, 2.24) is 0 Å². The van der Waals surface area contributed by atoms with Crippen LogP contribution in [0.15, 0.2) is 18.2 Å². The van der Waals surface area contributed by atoms with Crippen LogP contribution in [-0.2, 0) is 9.31 Å². The van der Waals surface area contributed by atoms with Gasteiger partial charge in [0.2, 0.25) is 0 Å². The fraction of sp³-hybridized carbons (Fsp3) is 0.538. The van der Waals surface area contributed by atoms with Crippen molar-refractivity contribution in [2.24, 2.45) is 5.92 Å². The van der Waals surface area contributed by atoms with Crippen LogP contribution in [0.3, 0.4) is 0 Å². The molecule has 3 heteroatoms. The molecule has 1 aromatic carbocycles.